The normalized spacial score (nSPS) is 16.4. The predicted molar refractivity (Wildman–Crippen MR) is 109 cm³/mol. The van der Waals surface area contributed by atoms with Gasteiger partial charge < -0.3 is 20.3 Å². The van der Waals surface area contributed by atoms with E-state index in [4.69, 9.17) is 4.74 Å². The summed E-state index contributed by atoms with van der Waals surface area (Å²) in [4.78, 5) is 11.0. The van der Waals surface area contributed by atoms with Gasteiger partial charge in [0.1, 0.15) is 0 Å². The summed E-state index contributed by atoms with van der Waals surface area (Å²) < 4.78 is 5.15. The molecule has 1 saturated heterocycles. The minimum Gasteiger partial charge on any atom is -0.481 e. The van der Waals surface area contributed by atoms with Gasteiger partial charge in [-0.25, -0.2) is 4.98 Å². The molecule has 136 valence electrons. The predicted octanol–water partition coefficient (Wildman–Crippen LogP) is 2.25. The maximum Gasteiger partial charge on any atom is 0.213 e. The molecule has 2 heterocycles. The zero-order chi connectivity index (χ0) is 16.5. The van der Waals surface area contributed by atoms with E-state index in [1.807, 2.05) is 19.2 Å². The summed E-state index contributed by atoms with van der Waals surface area (Å²) in [7, 11) is 3.44. The smallest absolute Gasteiger partial charge is 0.213 e. The van der Waals surface area contributed by atoms with E-state index in [9.17, 15) is 0 Å². The molecule has 0 aromatic carbocycles. The number of aliphatic imine (C=N–C) groups is 1. The first-order chi connectivity index (χ1) is 11.2. The van der Waals surface area contributed by atoms with Gasteiger partial charge in [0.15, 0.2) is 5.96 Å². The highest BCUT2D eigenvalue weighted by Gasteiger charge is 2.19. The summed E-state index contributed by atoms with van der Waals surface area (Å²) in [6.07, 6.45) is 5.33. The van der Waals surface area contributed by atoms with Gasteiger partial charge in [0.2, 0.25) is 5.88 Å². The lowest BCUT2D eigenvalue weighted by molar-refractivity contribution is 0.206. The third kappa shape index (κ3) is 6.80. The summed E-state index contributed by atoms with van der Waals surface area (Å²) in [5.41, 5.74) is 1.12. The Kier molecular flexibility index (Phi) is 10.0. The molecular formula is C17H30IN5O. The van der Waals surface area contributed by atoms with Crippen LogP contribution in [0.4, 0.5) is 0 Å². The van der Waals surface area contributed by atoms with Crippen molar-refractivity contribution in [2.75, 3.05) is 33.8 Å². The summed E-state index contributed by atoms with van der Waals surface area (Å²) in [6, 6.07) is 4.41. The van der Waals surface area contributed by atoms with Crippen molar-refractivity contribution in [1.29, 1.82) is 0 Å². The first-order valence-electron chi connectivity index (χ1n) is 8.43. The molecule has 2 rings (SSSR count). The van der Waals surface area contributed by atoms with Gasteiger partial charge in [-0.05, 0) is 37.4 Å². The number of aromatic nitrogens is 1. The Balaban J connectivity index is 0.00000288. The van der Waals surface area contributed by atoms with Gasteiger partial charge >= 0.3 is 0 Å². The topological polar surface area (TPSA) is 61.8 Å². The Morgan fingerprint density at radius 2 is 2.17 bits per heavy atom. The molecule has 0 unspecified atom stereocenters. The monoisotopic (exact) mass is 447 g/mol. The molecule has 0 radical (unpaired) electrons. The van der Waals surface area contributed by atoms with Gasteiger partial charge in [0.05, 0.1) is 7.11 Å². The molecule has 24 heavy (non-hydrogen) atoms. The minimum absolute atomic E-state index is 0. The lowest BCUT2D eigenvalue weighted by atomic mass is 10.1. The number of ether oxygens (including phenoxy) is 1. The third-order valence-corrected chi connectivity index (χ3v) is 4.16. The molecule has 1 aromatic heterocycles. The van der Waals surface area contributed by atoms with Crippen molar-refractivity contribution in [3.8, 4) is 5.88 Å². The van der Waals surface area contributed by atoms with Crippen molar-refractivity contribution in [2.45, 2.75) is 38.8 Å². The zero-order valence-corrected chi connectivity index (χ0v) is 17.2. The van der Waals surface area contributed by atoms with Crippen molar-refractivity contribution in [3.05, 3.63) is 23.9 Å². The number of rotatable bonds is 6. The standard InChI is InChI=1S/C17H29N5O.HI/c1-4-9-22-10-6-15(7-11-22)21-17(18-2)20-13-14-5-8-19-16(12-14)23-3;/h5,8,12,15H,4,6-7,9-11,13H2,1-3H3,(H2,18,20,21);1H. The van der Waals surface area contributed by atoms with E-state index in [2.05, 4.69) is 32.4 Å². The maximum atomic E-state index is 5.15. The molecule has 0 amide bonds. The van der Waals surface area contributed by atoms with Crippen molar-refractivity contribution in [3.63, 3.8) is 0 Å². The van der Waals surface area contributed by atoms with Crippen LogP contribution >= 0.6 is 24.0 Å². The zero-order valence-electron chi connectivity index (χ0n) is 14.9. The Hall–Kier alpha value is -1.09. The molecule has 1 aliphatic heterocycles. The molecule has 0 saturated carbocycles. The highest BCUT2D eigenvalue weighted by molar-refractivity contribution is 14.0. The molecule has 6 nitrogen and oxygen atoms in total. The Labute approximate surface area is 162 Å². The van der Waals surface area contributed by atoms with Gasteiger partial charge in [0.25, 0.3) is 0 Å². The number of piperidine rings is 1. The summed E-state index contributed by atoms with van der Waals surface area (Å²) in [5.74, 6) is 1.49. The molecule has 7 heteroatoms. The third-order valence-electron chi connectivity index (χ3n) is 4.16. The summed E-state index contributed by atoms with van der Waals surface area (Å²) in [6.45, 7) is 6.50. The van der Waals surface area contributed by atoms with Crippen LogP contribution in [0.15, 0.2) is 23.3 Å². The quantitative estimate of drug-likeness (QED) is 0.398. The van der Waals surface area contributed by atoms with Crippen LogP contribution in [0.1, 0.15) is 31.7 Å². The fourth-order valence-corrected chi connectivity index (χ4v) is 2.86. The molecule has 1 aliphatic rings. The van der Waals surface area contributed by atoms with E-state index in [1.54, 1.807) is 13.3 Å². The number of halogens is 1. The number of nitrogens with zero attached hydrogens (tertiary/aromatic N) is 3. The van der Waals surface area contributed by atoms with Crippen LogP contribution in [-0.4, -0.2) is 55.7 Å². The number of methoxy groups -OCH3 is 1. The number of pyridine rings is 1. The lowest BCUT2D eigenvalue weighted by Crippen LogP contribution is -2.48. The van der Waals surface area contributed by atoms with Gasteiger partial charge in [-0.15, -0.1) is 24.0 Å². The van der Waals surface area contributed by atoms with Gasteiger partial charge in [-0.2, -0.15) is 0 Å². The molecule has 1 fully saturated rings. The van der Waals surface area contributed by atoms with Gasteiger partial charge in [0, 0.05) is 45.0 Å². The maximum absolute atomic E-state index is 5.15. The average Bonchev–Trinajstić information content (AvgIpc) is 2.60. The number of hydrogen-bond donors (Lipinski definition) is 2. The van der Waals surface area contributed by atoms with Crippen LogP contribution in [0.3, 0.4) is 0 Å². The largest absolute Gasteiger partial charge is 0.481 e. The van der Waals surface area contributed by atoms with E-state index in [-0.39, 0.29) is 24.0 Å². The van der Waals surface area contributed by atoms with E-state index in [0.717, 1.165) is 11.5 Å². The summed E-state index contributed by atoms with van der Waals surface area (Å²) >= 11 is 0. The minimum atomic E-state index is 0. The van der Waals surface area contributed by atoms with Gasteiger partial charge in [-0.3, -0.25) is 4.99 Å². The molecule has 0 aliphatic carbocycles. The molecular weight excluding hydrogens is 417 g/mol. The second-order valence-corrected chi connectivity index (χ2v) is 5.89. The van der Waals surface area contributed by atoms with E-state index in [1.165, 1.54) is 38.9 Å². The van der Waals surface area contributed by atoms with Crippen molar-refractivity contribution < 1.29 is 4.74 Å². The average molecular weight is 447 g/mol. The fourth-order valence-electron chi connectivity index (χ4n) is 2.86. The highest BCUT2D eigenvalue weighted by Crippen LogP contribution is 2.11. The van der Waals surface area contributed by atoms with Crippen LogP contribution in [-0.2, 0) is 6.54 Å². The number of nitrogens with one attached hydrogen (secondary N) is 2. The first-order valence-corrected chi connectivity index (χ1v) is 8.43. The van der Waals surface area contributed by atoms with Crippen LogP contribution in [0.2, 0.25) is 0 Å². The number of hydrogen-bond acceptors (Lipinski definition) is 4. The van der Waals surface area contributed by atoms with Crippen molar-refractivity contribution >= 4 is 29.9 Å². The van der Waals surface area contributed by atoms with Crippen molar-refractivity contribution in [1.82, 2.24) is 20.5 Å². The first kappa shape index (κ1) is 21.0. The molecule has 2 N–H and O–H groups in total. The van der Waals surface area contributed by atoms with Crippen LogP contribution in [0, 0.1) is 0 Å². The Morgan fingerprint density at radius 3 is 2.79 bits per heavy atom. The van der Waals surface area contributed by atoms with E-state index >= 15 is 0 Å². The van der Waals surface area contributed by atoms with Crippen molar-refractivity contribution in [2.24, 2.45) is 4.99 Å². The fraction of sp³-hybridized carbons (Fsp3) is 0.647. The molecule has 0 atom stereocenters. The van der Waals surface area contributed by atoms with E-state index < -0.39 is 0 Å². The number of likely N-dealkylation sites (tertiary alicyclic amines) is 1. The van der Waals surface area contributed by atoms with Crippen LogP contribution in [0.25, 0.3) is 0 Å². The second-order valence-electron chi connectivity index (χ2n) is 5.89. The highest BCUT2D eigenvalue weighted by atomic mass is 127. The molecule has 0 spiro atoms. The van der Waals surface area contributed by atoms with Crippen LogP contribution in [0.5, 0.6) is 5.88 Å². The molecule has 0 bridgehead atoms. The van der Waals surface area contributed by atoms with Gasteiger partial charge in [-0.1, -0.05) is 6.92 Å². The molecule has 1 aromatic rings. The van der Waals surface area contributed by atoms with Crippen LogP contribution < -0.4 is 15.4 Å². The second kappa shape index (κ2) is 11.5. The number of guanidine groups is 1. The Morgan fingerprint density at radius 1 is 1.42 bits per heavy atom. The van der Waals surface area contributed by atoms with E-state index in [0.29, 0.717) is 18.5 Å². The SMILES string of the molecule is CCCN1CCC(NC(=NC)NCc2ccnc(OC)c2)CC1.I. The Bertz CT molecular complexity index is 504. The summed E-state index contributed by atoms with van der Waals surface area (Å²) in [5, 5.41) is 6.90. The lowest BCUT2D eigenvalue weighted by Gasteiger charge is -2.32.